The van der Waals surface area contributed by atoms with Gasteiger partial charge < -0.3 is 10.6 Å². The van der Waals surface area contributed by atoms with Gasteiger partial charge in [-0.3, -0.25) is 4.79 Å². The fraction of sp³-hybridized carbons (Fsp3) is 0.632. The Morgan fingerprint density at radius 1 is 1.24 bits per heavy atom. The average Bonchev–Trinajstić information content (AvgIpc) is 2.34. The van der Waals surface area contributed by atoms with Crippen LogP contribution in [-0.4, -0.2) is 24.9 Å². The first-order chi connectivity index (χ1) is 11.5. The summed E-state index contributed by atoms with van der Waals surface area (Å²) in [5.74, 6) is -3.73. The number of carbonyl (C=O) groups is 1. The molecule has 3 nitrogen and oxygen atoms in total. The van der Waals surface area contributed by atoms with Gasteiger partial charge in [0.05, 0.1) is 5.69 Å². The molecule has 2 aliphatic rings. The monoisotopic (exact) mass is 354 g/mol. The van der Waals surface area contributed by atoms with Crippen LogP contribution in [0.4, 0.5) is 18.9 Å². The number of rotatable bonds is 4. The number of amides is 1. The number of anilines is 1. The maximum absolute atomic E-state index is 14.7. The summed E-state index contributed by atoms with van der Waals surface area (Å²) in [5, 5.41) is 5.77. The highest BCUT2D eigenvalue weighted by Crippen LogP contribution is 2.51. The Hall–Kier alpha value is -1.56. The van der Waals surface area contributed by atoms with Crippen molar-refractivity contribution in [1.82, 2.24) is 5.32 Å². The molecule has 138 valence electrons. The lowest BCUT2D eigenvalue weighted by atomic mass is 9.75. The number of hydrogen-bond acceptors (Lipinski definition) is 2. The van der Waals surface area contributed by atoms with Gasteiger partial charge >= 0.3 is 0 Å². The van der Waals surface area contributed by atoms with Crippen molar-refractivity contribution in [1.29, 1.82) is 0 Å². The lowest BCUT2D eigenvalue weighted by Gasteiger charge is -2.37. The number of carbonyl (C=O) groups excluding carboxylic acids is 1. The number of nitrogens with one attached hydrogen (secondary N) is 2. The van der Waals surface area contributed by atoms with Gasteiger partial charge in [0.25, 0.3) is 0 Å². The van der Waals surface area contributed by atoms with E-state index in [9.17, 15) is 18.0 Å². The van der Waals surface area contributed by atoms with E-state index in [4.69, 9.17) is 0 Å². The van der Waals surface area contributed by atoms with E-state index in [1.807, 2.05) is 20.8 Å². The van der Waals surface area contributed by atoms with Crippen molar-refractivity contribution in [2.45, 2.75) is 57.8 Å². The van der Waals surface area contributed by atoms with Crippen LogP contribution in [0.1, 0.15) is 63.0 Å². The van der Waals surface area contributed by atoms with Crippen LogP contribution in [0.2, 0.25) is 0 Å². The molecule has 2 fully saturated rings. The third kappa shape index (κ3) is 4.17. The van der Waals surface area contributed by atoms with Crippen molar-refractivity contribution >= 4 is 11.6 Å². The van der Waals surface area contributed by atoms with Crippen molar-refractivity contribution in [2.24, 2.45) is 5.41 Å². The smallest absolute Gasteiger partial charge is 0.249 e. The molecule has 1 aromatic rings. The first-order valence-corrected chi connectivity index (χ1v) is 8.76. The predicted octanol–water partition coefficient (Wildman–Crippen LogP) is 4.40. The van der Waals surface area contributed by atoms with E-state index < -0.39 is 17.7 Å². The zero-order valence-electron chi connectivity index (χ0n) is 14.9. The third-order valence-corrected chi connectivity index (χ3v) is 4.88. The Bertz CT molecular complexity index is 670. The van der Waals surface area contributed by atoms with Crippen LogP contribution in [0, 0.1) is 11.2 Å². The second-order valence-corrected chi connectivity index (χ2v) is 8.57. The molecule has 3 rings (SSSR count). The van der Waals surface area contributed by atoms with E-state index in [-0.39, 0.29) is 42.2 Å². The molecule has 0 spiro atoms. The molecule has 1 amide bonds. The van der Waals surface area contributed by atoms with Crippen LogP contribution in [0.3, 0.4) is 0 Å². The first-order valence-electron chi connectivity index (χ1n) is 8.76. The molecule has 0 aromatic heterocycles. The number of benzene rings is 1. The molecule has 0 bridgehead atoms. The summed E-state index contributed by atoms with van der Waals surface area (Å²) in [7, 11) is 0. The summed E-state index contributed by atoms with van der Waals surface area (Å²) in [5.41, 5.74) is 1.16. The van der Waals surface area contributed by atoms with E-state index in [0.717, 1.165) is 18.7 Å². The molecule has 1 aromatic carbocycles. The lowest BCUT2D eigenvalue weighted by Crippen LogP contribution is -2.40. The normalized spacial score (nSPS) is 20.7. The second kappa shape index (κ2) is 6.31. The van der Waals surface area contributed by atoms with Crippen LogP contribution >= 0.6 is 0 Å². The number of alkyl halides is 2. The minimum absolute atomic E-state index is 0.0748. The second-order valence-electron chi connectivity index (χ2n) is 8.57. The van der Waals surface area contributed by atoms with Crippen molar-refractivity contribution in [2.75, 3.05) is 18.4 Å². The van der Waals surface area contributed by atoms with Crippen molar-refractivity contribution < 1.29 is 18.0 Å². The van der Waals surface area contributed by atoms with Crippen molar-refractivity contribution in [3.63, 3.8) is 0 Å². The highest BCUT2D eigenvalue weighted by molar-refractivity contribution is 5.92. The average molecular weight is 354 g/mol. The summed E-state index contributed by atoms with van der Waals surface area (Å²) >= 11 is 0. The van der Waals surface area contributed by atoms with Gasteiger partial charge in [-0.15, -0.1) is 0 Å². The molecule has 1 saturated heterocycles. The third-order valence-electron chi connectivity index (χ3n) is 4.88. The molecule has 0 unspecified atom stereocenters. The van der Waals surface area contributed by atoms with Crippen LogP contribution in [0.15, 0.2) is 12.1 Å². The maximum atomic E-state index is 14.7. The summed E-state index contributed by atoms with van der Waals surface area (Å²) in [6.07, 6.45) is -0.344. The zero-order chi connectivity index (χ0) is 18.4. The molecular formula is C19H25F3N2O. The first kappa shape index (κ1) is 18.2. The lowest BCUT2D eigenvalue weighted by molar-refractivity contribution is -0.117. The Kier molecular flexibility index (Phi) is 4.60. The molecule has 1 aliphatic heterocycles. The van der Waals surface area contributed by atoms with Gasteiger partial charge in [-0.05, 0) is 28.5 Å². The van der Waals surface area contributed by atoms with E-state index in [1.54, 1.807) is 6.07 Å². The van der Waals surface area contributed by atoms with Crippen LogP contribution in [0.5, 0.6) is 0 Å². The van der Waals surface area contributed by atoms with Gasteiger partial charge in [-0.2, -0.15) is 0 Å². The zero-order valence-corrected chi connectivity index (χ0v) is 14.9. The van der Waals surface area contributed by atoms with Crippen molar-refractivity contribution in [3.05, 3.63) is 29.1 Å². The van der Waals surface area contributed by atoms with E-state index in [0.29, 0.717) is 5.56 Å². The van der Waals surface area contributed by atoms with Gasteiger partial charge in [0.1, 0.15) is 5.82 Å². The molecule has 25 heavy (non-hydrogen) atoms. The minimum Gasteiger partial charge on any atom is -0.323 e. The molecule has 0 atom stereocenters. The summed E-state index contributed by atoms with van der Waals surface area (Å²) in [6, 6.07) is 3.24. The Morgan fingerprint density at radius 3 is 2.36 bits per heavy atom. The number of hydrogen-bond donors (Lipinski definition) is 2. The molecule has 6 heteroatoms. The van der Waals surface area contributed by atoms with E-state index in [1.165, 1.54) is 6.07 Å². The van der Waals surface area contributed by atoms with Crippen LogP contribution in [0.25, 0.3) is 0 Å². The van der Waals surface area contributed by atoms with Gasteiger partial charge in [0, 0.05) is 38.3 Å². The largest absolute Gasteiger partial charge is 0.323 e. The molecule has 1 saturated carbocycles. The molecule has 2 N–H and O–H groups in total. The topological polar surface area (TPSA) is 41.1 Å². The Morgan fingerprint density at radius 2 is 1.88 bits per heavy atom. The van der Waals surface area contributed by atoms with Crippen LogP contribution in [-0.2, 0) is 4.79 Å². The predicted molar refractivity (Wildman–Crippen MR) is 91.6 cm³/mol. The molecular weight excluding hydrogens is 329 g/mol. The Labute approximate surface area is 146 Å². The summed E-state index contributed by atoms with van der Waals surface area (Å²) in [6.45, 7) is 7.28. The quantitative estimate of drug-likeness (QED) is 0.841. The standard InChI is InChI=1S/C19H25F3N2O/c1-18(2,3)8-16(25)24-17-14(12-6-19(21,22)7-12)4-11(5-15(17)20)13-9-23-10-13/h4-5,12-13,23H,6-10H2,1-3H3,(H,24,25). The fourth-order valence-electron chi connectivity index (χ4n) is 3.41. The van der Waals surface area contributed by atoms with Gasteiger partial charge in [0.2, 0.25) is 11.8 Å². The van der Waals surface area contributed by atoms with E-state index >= 15 is 0 Å². The number of halogens is 3. The molecule has 1 aliphatic carbocycles. The Balaban J connectivity index is 1.88. The molecule has 1 heterocycles. The fourth-order valence-corrected chi connectivity index (χ4v) is 3.41. The summed E-state index contributed by atoms with van der Waals surface area (Å²) in [4.78, 5) is 12.2. The molecule has 0 radical (unpaired) electrons. The van der Waals surface area contributed by atoms with Crippen LogP contribution < -0.4 is 10.6 Å². The highest BCUT2D eigenvalue weighted by atomic mass is 19.3. The van der Waals surface area contributed by atoms with Gasteiger partial charge in [-0.1, -0.05) is 26.8 Å². The summed E-state index contributed by atoms with van der Waals surface area (Å²) < 4.78 is 41.4. The van der Waals surface area contributed by atoms with E-state index in [2.05, 4.69) is 10.6 Å². The minimum atomic E-state index is -2.69. The maximum Gasteiger partial charge on any atom is 0.249 e. The highest BCUT2D eigenvalue weighted by Gasteiger charge is 2.47. The van der Waals surface area contributed by atoms with Gasteiger partial charge in [-0.25, -0.2) is 13.2 Å². The van der Waals surface area contributed by atoms with Gasteiger partial charge in [0.15, 0.2) is 0 Å². The SMILES string of the molecule is CC(C)(C)CC(=O)Nc1c(F)cc(C2CNC2)cc1C1CC(F)(F)C1. The van der Waals surface area contributed by atoms with Crippen molar-refractivity contribution in [3.8, 4) is 0 Å².